The van der Waals surface area contributed by atoms with E-state index in [1.807, 2.05) is 0 Å². The Hall–Kier alpha value is -2.46. The molecule has 0 aliphatic heterocycles. The minimum absolute atomic E-state index is 0.00315. The number of amides is 1. The van der Waals surface area contributed by atoms with Crippen LogP contribution >= 0.6 is 35.0 Å². The fourth-order valence-corrected chi connectivity index (χ4v) is 5.91. The molecule has 11 heteroatoms. The van der Waals surface area contributed by atoms with Gasteiger partial charge in [0.15, 0.2) is 0 Å². The van der Waals surface area contributed by atoms with Crippen LogP contribution in [0.3, 0.4) is 0 Å². The smallest absolute Gasteiger partial charge is 0.264 e. The van der Waals surface area contributed by atoms with Gasteiger partial charge in [0.2, 0.25) is 5.91 Å². The largest absolute Gasteiger partial charge is 0.497 e. The monoisotopic (exact) mass is 556 g/mol. The molecule has 0 aliphatic carbocycles. The number of anilines is 1. The van der Waals surface area contributed by atoms with Gasteiger partial charge in [-0.25, -0.2) is 12.8 Å². The van der Waals surface area contributed by atoms with E-state index in [-0.39, 0.29) is 22.9 Å². The molecule has 0 heterocycles. The SMILES string of the molecule is COc1ccc(S(=O)(=O)N(CC(=O)NCCSCc2c(F)cccc2Cl)c2cccc(Cl)c2)cc1. The van der Waals surface area contributed by atoms with Crippen molar-refractivity contribution < 1.29 is 22.3 Å². The first-order chi connectivity index (χ1) is 16.7. The molecule has 186 valence electrons. The van der Waals surface area contributed by atoms with Gasteiger partial charge in [0.1, 0.15) is 18.1 Å². The Morgan fingerprint density at radius 1 is 1.09 bits per heavy atom. The molecule has 3 aromatic carbocycles. The van der Waals surface area contributed by atoms with E-state index < -0.39 is 22.5 Å². The molecule has 1 N–H and O–H groups in total. The van der Waals surface area contributed by atoms with Crippen LogP contribution in [0, 0.1) is 5.82 Å². The van der Waals surface area contributed by atoms with E-state index >= 15 is 0 Å². The van der Waals surface area contributed by atoms with Crippen molar-refractivity contribution in [2.45, 2.75) is 10.6 Å². The molecule has 3 rings (SSSR count). The summed E-state index contributed by atoms with van der Waals surface area (Å²) < 4.78 is 46.7. The Kier molecular flexibility index (Phi) is 9.68. The Balaban J connectivity index is 1.66. The molecule has 1 amide bonds. The Bertz CT molecular complexity index is 1250. The number of methoxy groups -OCH3 is 1. The van der Waals surface area contributed by atoms with Crippen LogP contribution < -0.4 is 14.4 Å². The number of ether oxygens (including phenoxy) is 1. The fourth-order valence-electron chi connectivity index (χ4n) is 3.11. The maximum atomic E-state index is 13.9. The van der Waals surface area contributed by atoms with Crippen LogP contribution in [0.1, 0.15) is 5.56 Å². The van der Waals surface area contributed by atoms with Crippen molar-refractivity contribution in [3.8, 4) is 5.75 Å². The summed E-state index contributed by atoms with van der Waals surface area (Å²) in [6.07, 6.45) is 0. The molecular formula is C24H23Cl2FN2O4S2. The fraction of sp³-hybridized carbons (Fsp3) is 0.208. The molecule has 6 nitrogen and oxygen atoms in total. The summed E-state index contributed by atoms with van der Waals surface area (Å²) in [7, 11) is -2.59. The minimum Gasteiger partial charge on any atom is -0.497 e. The molecule has 0 aromatic heterocycles. The predicted molar refractivity (Wildman–Crippen MR) is 140 cm³/mol. The van der Waals surface area contributed by atoms with E-state index in [4.69, 9.17) is 27.9 Å². The molecule has 0 saturated heterocycles. The third kappa shape index (κ3) is 7.27. The number of nitrogens with one attached hydrogen (secondary N) is 1. The van der Waals surface area contributed by atoms with Gasteiger partial charge in [-0.1, -0.05) is 35.3 Å². The van der Waals surface area contributed by atoms with Gasteiger partial charge in [-0.3, -0.25) is 9.10 Å². The first-order valence-electron chi connectivity index (χ1n) is 10.4. The highest BCUT2D eigenvalue weighted by atomic mass is 35.5. The van der Waals surface area contributed by atoms with Crippen LogP contribution in [0.2, 0.25) is 10.0 Å². The van der Waals surface area contributed by atoms with E-state index in [0.29, 0.717) is 32.9 Å². The van der Waals surface area contributed by atoms with Crippen molar-refractivity contribution in [2.75, 3.05) is 30.3 Å². The lowest BCUT2D eigenvalue weighted by molar-refractivity contribution is -0.119. The number of hydrogen-bond donors (Lipinski definition) is 1. The first kappa shape index (κ1) is 27.1. The Morgan fingerprint density at radius 3 is 2.46 bits per heavy atom. The lowest BCUT2D eigenvalue weighted by Crippen LogP contribution is -2.41. The number of benzene rings is 3. The molecule has 0 atom stereocenters. The van der Waals surface area contributed by atoms with E-state index in [1.165, 1.54) is 61.3 Å². The number of sulfonamides is 1. The van der Waals surface area contributed by atoms with Gasteiger partial charge in [0, 0.05) is 33.7 Å². The molecule has 0 spiro atoms. The van der Waals surface area contributed by atoms with Crippen LogP contribution in [0.5, 0.6) is 5.75 Å². The zero-order valence-corrected chi connectivity index (χ0v) is 21.9. The summed E-state index contributed by atoms with van der Waals surface area (Å²) in [6.45, 7) is -0.181. The van der Waals surface area contributed by atoms with E-state index in [2.05, 4.69) is 5.32 Å². The Morgan fingerprint density at radius 2 is 1.80 bits per heavy atom. The zero-order valence-electron chi connectivity index (χ0n) is 18.7. The topological polar surface area (TPSA) is 75.7 Å². The van der Waals surface area contributed by atoms with Gasteiger partial charge in [0.05, 0.1) is 17.7 Å². The second kappa shape index (κ2) is 12.5. The molecule has 0 unspecified atom stereocenters. The first-order valence-corrected chi connectivity index (χ1v) is 13.8. The van der Waals surface area contributed by atoms with Gasteiger partial charge in [-0.15, -0.1) is 0 Å². The summed E-state index contributed by atoms with van der Waals surface area (Å²) in [4.78, 5) is 12.7. The van der Waals surface area contributed by atoms with Crippen molar-refractivity contribution >= 4 is 56.6 Å². The molecule has 0 aliphatic rings. The normalized spacial score (nSPS) is 11.2. The van der Waals surface area contributed by atoms with Crippen LogP contribution in [0.4, 0.5) is 10.1 Å². The number of nitrogens with zero attached hydrogens (tertiary/aromatic N) is 1. The molecule has 3 aromatic rings. The molecule has 0 radical (unpaired) electrons. The van der Waals surface area contributed by atoms with Crippen LogP contribution in [-0.2, 0) is 20.6 Å². The van der Waals surface area contributed by atoms with E-state index in [0.717, 1.165) is 4.31 Å². The molecule has 0 saturated carbocycles. The van der Waals surface area contributed by atoms with Crippen LogP contribution in [0.25, 0.3) is 0 Å². The van der Waals surface area contributed by atoms with E-state index in [1.54, 1.807) is 24.3 Å². The molecule has 0 bridgehead atoms. The lowest BCUT2D eigenvalue weighted by atomic mass is 10.2. The summed E-state index contributed by atoms with van der Waals surface area (Å²) in [5, 5.41) is 3.39. The second-order valence-corrected chi connectivity index (χ2v) is 11.1. The van der Waals surface area contributed by atoms with Crippen LogP contribution in [0.15, 0.2) is 71.6 Å². The van der Waals surface area contributed by atoms with Gasteiger partial charge >= 0.3 is 0 Å². The lowest BCUT2D eigenvalue weighted by Gasteiger charge is -2.24. The number of halogens is 3. The summed E-state index contributed by atoms with van der Waals surface area (Å²) in [5.41, 5.74) is 0.662. The standard InChI is InChI=1S/C24H23Cl2FN2O4S2/c1-33-19-8-10-20(11-9-19)35(31,32)29(18-5-2-4-17(25)14-18)15-24(30)28-12-13-34-16-21-22(26)6-3-7-23(21)27/h2-11,14H,12-13,15-16H2,1H3,(H,28,30). The highest BCUT2D eigenvalue weighted by Gasteiger charge is 2.27. The highest BCUT2D eigenvalue weighted by molar-refractivity contribution is 7.98. The number of hydrogen-bond acceptors (Lipinski definition) is 5. The molecule has 0 fully saturated rings. The van der Waals surface area contributed by atoms with Crippen molar-refractivity contribution in [3.05, 3.63) is 88.2 Å². The molecule has 35 heavy (non-hydrogen) atoms. The van der Waals surface area contributed by atoms with Crippen molar-refractivity contribution in [1.82, 2.24) is 5.32 Å². The highest BCUT2D eigenvalue weighted by Crippen LogP contribution is 2.27. The second-order valence-electron chi connectivity index (χ2n) is 7.27. The third-order valence-electron chi connectivity index (χ3n) is 4.91. The van der Waals surface area contributed by atoms with Gasteiger partial charge in [-0.2, -0.15) is 11.8 Å². The molecular weight excluding hydrogens is 534 g/mol. The van der Waals surface area contributed by atoms with Gasteiger partial charge < -0.3 is 10.1 Å². The third-order valence-corrected chi connectivity index (χ3v) is 8.27. The summed E-state index contributed by atoms with van der Waals surface area (Å²) in [6, 6.07) is 16.6. The number of rotatable bonds is 11. The number of carbonyl (C=O) groups is 1. The number of thioether (sulfide) groups is 1. The minimum atomic E-state index is -4.07. The maximum absolute atomic E-state index is 13.9. The van der Waals surface area contributed by atoms with Gasteiger partial charge in [-0.05, 0) is 54.6 Å². The Labute approximate surface area is 218 Å². The quantitative estimate of drug-likeness (QED) is 0.320. The van der Waals surface area contributed by atoms with Crippen molar-refractivity contribution in [3.63, 3.8) is 0 Å². The van der Waals surface area contributed by atoms with E-state index in [9.17, 15) is 17.6 Å². The average molecular weight is 557 g/mol. The zero-order chi connectivity index (χ0) is 25.4. The van der Waals surface area contributed by atoms with Crippen molar-refractivity contribution in [2.24, 2.45) is 0 Å². The van der Waals surface area contributed by atoms with Crippen molar-refractivity contribution in [1.29, 1.82) is 0 Å². The predicted octanol–water partition coefficient (Wildman–Crippen LogP) is 5.39. The average Bonchev–Trinajstić information content (AvgIpc) is 2.84. The van der Waals surface area contributed by atoms with Crippen LogP contribution in [-0.4, -0.2) is 40.3 Å². The van der Waals surface area contributed by atoms with Gasteiger partial charge in [0.25, 0.3) is 10.0 Å². The summed E-state index contributed by atoms with van der Waals surface area (Å²) >= 11 is 13.5. The summed E-state index contributed by atoms with van der Waals surface area (Å²) in [5.74, 6) is 0.465. The maximum Gasteiger partial charge on any atom is 0.264 e. The number of carbonyl (C=O) groups excluding carboxylic acids is 1.